The second-order valence-corrected chi connectivity index (χ2v) is 9.45. The molecule has 3 heterocycles. The number of hydrogen-bond donors (Lipinski definition) is 2. The molecule has 2 N–H and O–H groups in total. The number of nitrogens with zero attached hydrogens (tertiary/aromatic N) is 3. The maximum atomic E-state index is 12.9. The van der Waals surface area contributed by atoms with Gasteiger partial charge in [-0.05, 0) is 33.6 Å². The Bertz CT molecular complexity index is 895. The van der Waals surface area contributed by atoms with Crippen LogP contribution in [-0.2, 0) is 19.4 Å². The Balaban J connectivity index is 1.75. The zero-order valence-electron chi connectivity index (χ0n) is 14.8. The van der Waals surface area contributed by atoms with Crippen LogP contribution in [0, 0.1) is 6.92 Å². The summed E-state index contributed by atoms with van der Waals surface area (Å²) >= 11 is 0. The molecule has 0 unspecified atom stereocenters. The van der Waals surface area contributed by atoms with Gasteiger partial charge in [-0.1, -0.05) is 5.16 Å². The van der Waals surface area contributed by atoms with Gasteiger partial charge >= 0.3 is 0 Å². The first-order valence-corrected chi connectivity index (χ1v) is 9.75. The first-order valence-electron chi connectivity index (χ1n) is 8.21. The van der Waals surface area contributed by atoms with E-state index >= 15 is 0 Å². The van der Waals surface area contributed by atoms with Crippen molar-refractivity contribution in [3.63, 3.8) is 0 Å². The van der Waals surface area contributed by atoms with E-state index in [2.05, 4.69) is 25.7 Å². The molecule has 0 radical (unpaired) electrons. The van der Waals surface area contributed by atoms with E-state index in [1.807, 2.05) is 0 Å². The van der Waals surface area contributed by atoms with Crippen molar-refractivity contribution in [1.29, 1.82) is 0 Å². The minimum atomic E-state index is -3.71. The standard InChI is InChI=1S/C15H21N5O5S/c1-9-8-11(25-20-9)12-16-14(19-18-12)17-13(21)15(2,3)26(22,23)10-4-6-24-7-5-10/h8,10H,4-7H2,1-3H3,(H2,16,17,18,19,21). The molecule has 26 heavy (non-hydrogen) atoms. The fraction of sp³-hybridized carbons (Fsp3) is 0.600. The van der Waals surface area contributed by atoms with E-state index in [9.17, 15) is 13.2 Å². The zero-order valence-corrected chi connectivity index (χ0v) is 15.6. The smallest absolute Gasteiger partial charge is 0.247 e. The summed E-state index contributed by atoms with van der Waals surface area (Å²) in [5.41, 5.74) is 0.672. The molecule has 1 aliphatic rings. The van der Waals surface area contributed by atoms with Crippen LogP contribution in [0.4, 0.5) is 5.95 Å². The fourth-order valence-corrected chi connectivity index (χ4v) is 4.65. The Morgan fingerprint density at radius 3 is 2.62 bits per heavy atom. The molecule has 0 saturated carbocycles. The van der Waals surface area contributed by atoms with Crippen molar-refractivity contribution in [3.05, 3.63) is 11.8 Å². The van der Waals surface area contributed by atoms with Crippen molar-refractivity contribution in [1.82, 2.24) is 20.3 Å². The predicted molar refractivity (Wildman–Crippen MR) is 92.1 cm³/mol. The van der Waals surface area contributed by atoms with Crippen LogP contribution in [0.15, 0.2) is 10.6 Å². The van der Waals surface area contributed by atoms with E-state index < -0.39 is 25.7 Å². The molecular weight excluding hydrogens is 362 g/mol. The number of aryl methyl sites for hydroxylation is 1. The molecule has 1 aliphatic heterocycles. The Morgan fingerprint density at radius 1 is 1.31 bits per heavy atom. The molecule has 10 nitrogen and oxygen atoms in total. The molecule has 1 fully saturated rings. The first kappa shape index (κ1) is 18.5. The van der Waals surface area contributed by atoms with Gasteiger partial charge in [0.15, 0.2) is 9.84 Å². The van der Waals surface area contributed by atoms with Gasteiger partial charge < -0.3 is 14.2 Å². The van der Waals surface area contributed by atoms with Gasteiger partial charge in [0.25, 0.3) is 0 Å². The monoisotopic (exact) mass is 383 g/mol. The highest BCUT2D eigenvalue weighted by Gasteiger charge is 2.46. The third-order valence-electron chi connectivity index (χ3n) is 4.45. The molecule has 1 amide bonds. The van der Waals surface area contributed by atoms with Crippen LogP contribution in [0.1, 0.15) is 32.4 Å². The highest BCUT2D eigenvalue weighted by molar-refractivity contribution is 7.94. The quantitative estimate of drug-likeness (QED) is 0.781. The van der Waals surface area contributed by atoms with E-state index in [1.54, 1.807) is 13.0 Å². The summed E-state index contributed by atoms with van der Waals surface area (Å²) in [6, 6.07) is 1.66. The third kappa shape index (κ3) is 3.36. The number of hydrogen-bond acceptors (Lipinski definition) is 8. The van der Waals surface area contributed by atoms with E-state index in [0.29, 0.717) is 37.5 Å². The SMILES string of the molecule is Cc1cc(-c2nnc(NC(=O)C(C)(C)S(=O)(=O)C3CCOCC3)[nH]2)on1. The summed E-state index contributed by atoms with van der Waals surface area (Å²) in [6.45, 7) is 5.30. The number of sulfone groups is 1. The molecule has 0 spiro atoms. The van der Waals surface area contributed by atoms with E-state index in [4.69, 9.17) is 9.26 Å². The van der Waals surface area contributed by atoms with Crippen molar-refractivity contribution in [2.45, 2.75) is 43.6 Å². The lowest BCUT2D eigenvalue weighted by Gasteiger charge is -2.30. The number of nitrogens with one attached hydrogen (secondary N) is 2. The number of carbonyl (C=O) groups excluding carboxylic acids is 1. The molecule has 11 heteroatoms. The van der Waals surface area contributed by atoms with Crippen LogP contribution >= 0.6 is 0 Å². The number of carbonyl (C=O) groups is 1. The lowest BCUT2D eigenvalue weighted by molar-refractivity contribution is -0.117. The summed E-state index contributed by atoms with van der Waals surface area (Å²) in [5, 5.41) is 13.3. The zero-order chi connectivity index (χ0) is 18.9. The van der Waals surface area contributed by atoms with E-state index in [0.717, 1.165) is 0 Å². The Kier molecular flexibility index (Phi) is 4.84. The van der Waals surface area contributed by atoms with Crippen LogP contribution in [0.2, 0.25) is 0 Å². The first-order chi connectivity index (χ1) is 12.2. The molecule has 3 rings (SSSR count). The summed E-state index contributed by atoms with van der Waals surface area (Å²) in [7, 11) is -3.71. The van der Waals surface area contributed by atoms with Crippen molar-refractivity contribution in [2.75, 3.05) is 18.5 Å². The van der Waals surface area contributed by atoms with Crippen molar-refractivity contribution in [2.24, 2.45) is 0 Å². The fourth-order valence-electron chi connectivity index (χ4n) is 2.69. The summed E-state index contributed by atoms with van der Waals surface area (Å²) < 4.78 is 34.4. The molecule has 0 atom stereocenters. The third-order valence-corrected chi connectivity index (χ3v) is 7.40. The topological polar surface area (TPSA) is 140 Å². The Labute approximate surface area is 150 Å². The normalized spacial score (nSPS) is 16.6. The lowest BCUT2D eigenvalue weighted by Crippen LogP contribution is -2.50. The maximum absolute atomic E-state index is 12.9. The number of rotatable bonds is 5. The van der Waals surface area contributed by atoms with Gasteiger partial charge in [0, 0.05) is 19.3 Å². The minimum Gasteiger partial charge on any atom is -0.381 e. The summed E-state index contributed by atoms with van der Waals surface area (Å²) in [5.74, 6) is 0.00493. The van der Waals surface area contributed by atoms with Gasteiger partial charge in [0.2, 0.25) is 23.4 Å². The summed E-state index contributed by atoms with van der Waals surface area (Å²) in [4.78, 5) is 15.4. The lowest BCUT2D eigenvalue weighted by atomic mass is 10.2. The van der Waals surface area contributed by atoms with E-state index in [1.165, 1.54) is 13.8 Å². The molecule has 0 aliphatic carbocycles. The highest BCUT2D eigenvalue weighted by atomic mass is 32.2. The average Bonchev–Trinajstić information content (AvgIpc) is 3.24. The van der Waals surface area contributed by atoms with Crippen LogP contribution < -0.4 is 5.32 Å². The molecule has 2 aromatic heterocycles. The second kappa shape index (κ2) is 6.80. The molecular formula is C15H21N5O5S. The molecule has 0 bridgehead atoms. The highest BCUT2D eigenvalue weighted by Crippen LogP contribution is 2.28. The maximum Gasteiger partial charge on any atom is 0.247 e. The van der Waals surface area contributed by atoms with Crippen LogP contribution in [0.3, 0.4) is 0 Å². The van der Waals surface area contributed by atoms with Gasteiger partial charge in [0.1, 0.15) is 4.75 Å². The van der Waals surface area contributed by atoms with Crippen LogP contribution in [-0.4, -0.2) is 57.9 Å². The number of amides is 1. The van der Waals surface area contributed by atoms with E-state index in [-0.39, 0.29) is 11.8 Å². The number of anilines is 1. The van der Waals surface area contributed by atoms with Crippen LogP contribution in [0.5, 0.6) is 0 Å². The largest absolute Gasteiger partial charge is 0.381 e. The van der Waals surface area contributed by atoms with Crippen molar-refractivity contribution in [3.8, 4) is 11.6 Å². The average molecular weight is 383 g/mol. The number of aromatic nitrogens is 4. The second-order valence-electron chi connectivity index (χ2n) is 6.68. The molecule has 1 saturated heterocycles. The number of H-pyrrole nitrogens is 1. The molecule has 2 aromatic rings. The number of aromatic amines is 1. The number of ether oxygens (including phenoxy) is 1. The molecule has 142 valence electrons. The summed E-state index contributed by atoms with van der Waals surface area (Å²) in [6.07, 6.45) is 0.771. The van der Waals surface area contributed by atoms with Crippen LogP contribution in [0.25, 0.3) is 11.6 Å². The van der Waals surface area contributed by atoms with Crippen molar-refractivity contribution < 1.29 is 22.5 Å². The predicted octanol–water partition coefficient (Wildman–Crippen LogP) is 1.08. The van der Waals surface area contributed by atoms with Crippen molar-refractivity contribution >= 4 is 21.7 Å². The minimum absolute atomic E-state index is 0.0364. The van der Waals surface area contributed by atoms with Gasteiger partial charge in [-0.3, -0.25) is 10.1 Å². The van der Waals surface area contributed by atoms with Gasteiger partial charge in [-0.15, -0.1) is 10.2 Å². The molecule has 0 aromatic carbocycles. The van der Waals surface area contributed by atoms with Gasteiger partial charge in [-0.25, -0.2) is 8.42 Å². The van der Waals surface area contributed by atoms with Gasteiger partial charge in [-0.2, -0.15) is 0 Å². The van der Waals surface area contributed by atoms with Gasteiger partial charge in [0.05, 0.1) is 10.9 Å². The Hall–Kier alpha value is -2.27. The Morgan fingerprint density at radius 2 is 2.00 bits per heavy atom.